The molecule has 2 heterocycles. The quantitative estimate of drug-likeness (QED) is 0.682. The molecule has 31 heavy (non-hydrogen) atoms. The van der Waals surface area contributed by atoms with Crippen LogP contribution in [0.15, 0.2) is 41.5 Å². The summed E-state index contributed by atoms with van der Waals surface area (Å²) in [6.07, 6.45) is 1.45. The minimum atomic E-state index is -2.73. The van der Waals surface area contributed by atoms with Crippen molar-refractivity contribution in [3.63, 3.8) is 0 Å². The number of halogens is 4. The van der Waals surface area contributed by atoms with Crippen molar-refractivity contribution in [3.8, 4) is 0 Å². The smallest absolute Gasteiger partial charge is 0.274 e. The van der Waals surface area contributed by atoms with Gasteiger partial charge in [0.2, 0.25) is 5.92 Å². The van der Waals surface area contributed by atoms with Gasteiger partial charge in [-0.15, -0.1) is 0 Å². The standard InChI is InChI=1S/C22H22F4N4O/c1-20(10-21(7-6-18(27)30-20)11-22(25,26)12-21)15-8-14(3-4-16(15)24)29-19(31)17-5-2-13(23)9-28-17/h2-5,8-9H,6-7,10-12H2,1H3,(H2,27,30)(H,29,31). The number of amides is 1. The molecule has 1 fully saturated rings. The molecular formula is C22H22F4N4O. The first-order valence-corrected chi connectivity index (χ1v) is 9.94. The number of pyridine rings is 1. The van der Waals surface area contributed by atoms with E-state index >= 15 is 0 Å². The number of hydrogen-bond donors (Lipinski definition) is 2. The maximum absolute atomic E-state index is 14.9. The van der Waals surface area contributed by atoms with Gasteiger partial charge in [-0.1, -0.05) is 0 Å². The van der Waals surface area contributed by atoms with Gasteiger partial charge in [0.15, 0.2) is 0 Å². The average Bonchev–Trinajstić information content (AvgIpc) is 2.79. The van der Waals surface area contributed by atoms with E-state index in [9.17, 15) is 22.4 Å². The molecule has 1 aliphatic carbocycles. The monoisotopic (exact) mass is 434 g/mol. The van der Waals surface area contributed by atoms with Crippen LogP contribution in [0.1, 0.15) is 55.1 Å². The molecule has 4 rings (SSSR count). The Labute approximate surface area is 176 Å². The summed E-state index contributed by atoms with van der Waals surface area (Å²) in [5.41, 5.74) is 4.62. The number of benzene rings is 1. The number of anilines is 1. The van der Waals surface area contributed by atoms with E-state index in [1.54, 1.807) is 6.92 Å². The largest absolute Gasteiger partial charge is 0.387 e. The number of nitrogens with zero attached hydrogens (tertiary/aromatic N) is 2. The Hall–Kier alpha value is -2.97. The number of aliphatic imine (C=N–C) groups is 1. The van der Waals surface area contributed by atoms with E-state index < -0.39 is 34.4 Å². The van der Waals surface area contributed by atoms with E-state index in [0.717, 1.165) is 12.3 Å². The van der Waals surface area contributed by atoms with E-state index in [1.165, 1.54) is 24.3 Å². The molecule has 9 heteroatoms. The average molecular weight is 434 g/mol. The predicted molar refractivity (Wildman–Crippen MR) is 108 cm³/mol. The molecule has 1 atom stereocenters. The predicted octanol–water partition coefficient (Wildman–Crippen LogP) is 4.78. The lowest BCUT2D eigenvalue weighted by Crippen LogP contribution is -2.48. The van der Waals surface area contributed by atoms with Crippen LogP contribution in [0, 0.1) is 17.0 Å². The van der Waals surface area contributed by atoms with Crippen molar-refractivity contribution in [1.29, 1.82) is 0 Å². The molecule has 0 saturated heterocycles. The lowest BCUT2D eigenvalue weighted by atomic mass is 9.58. The normalized spacial score (nSPS) is 24.1. The van der Waals surface area contributed by atoms with E-state index in [1.807, 2.05) is 0 Å². The summed E-state index contributed by atoms with van der Waals surface area (Å²) >= 11 is 0. The Morgan fingerprint density at radius 2 is 1.87 bits per heavy atom. The molecule has 1 spiro atoms. The summed E-state index contributed by atoms with van der Waals surface area (Å²) in [6, 6.07) is 6.33. The van der Waals surface area contributed by atoms with Gasteiger partial charge < -0.3 is 11.1 Å². The Bertz CT molecular complexity index is 1050. The van der Waals surface area contributed by atoms with Gasteiger partial charge in [-0.25, -0.2) is 22.5 Å². The highest BCUT2D eigenvalue weighted by molar-refractivity contribution is 6.02. The van der Waals surface area contributed by atoms with Gasteiger partial charge >= 0.3 is 0 Å². The zero-order chi connectivity index (χ0) is 22.4. The maximum Gasteiger partial charge on any atom is 0.274 e. The molecule has 5 nitrogen and oxygen atoms in total. The van der Waals surface area contributed by atoms with Gasteiger partial charge in [-0.05, 0) is 55.5 Å². The number of nitrogens with two attached hydrogens (primary N) is 1. The number of amidine groups is 1. The lowest BCUT2D eigenvalue weighted by Gasteiger charge is -2.50. The van der Waals surface area contributed by atoms with E-state index in [4.69, 9.17) is 5.73 Å². The van der Waals surface area contributed by atoms with Crippen molar-refractivity contribution in [2.45, 2.75) is 50.5 Å². The number of alkyl halides is 2. The summed E-state index contributed by atoms with van der Waals surface area (Å²) in [5.74, 6) is -4.18. The molecule has 1 aliphatic heterocycles. The van der Waals surface area contributed by atoms with Crippen LogP contribution in [0.3, 0.4) is 0 Å². The highest BCUT2D eigenvalue weighted by Gasteiger charge is 2.59. The lowest BCUT2D eigenvalue weighted by molar-refractivity contribution is -0.170. The topological polar surface area (TPSA) is 80.4 Å². The van der Waals surface area contributed by atoms with Gasteiger partial charge in [0.05, 0.1) is 17.6 Å². The summed E-state index contributed by atoms with van der Waals surface area (Å²) in [6.45, 7) is 1.68. The fraction of sp³-hybridized carbons (Fsp3) is 0.409. The van der Waals surface area contributed by atoms with E-state index in [2.05, 4.69) is 15.3 Å². The summed E-state index contributed by atoms with van der Waals surface area (Å²) in [7, 11) is 0. The maximum atomic E-state index is 14.9. The Balaban J connectivity index is 1.64. The zero-order valence-corrected chi connectivity index (χ0v) is 16.9. The number of hydrogen-bond acceptors (Lipinski definition) is 4. The Kier molecular flexibility index (Phi) is 5.02. The SMILES string of the molecule is CC1(c2cc(NC(=O)c3ccc(F)cn3)ccc2F)CC2(CCC(N)=N1)CC(F)(F)C2. The number of carbonyl (C=O) groups excluding carboxylic acids is 1. The molecule has 2 aromatic rings. The number of carbonyl (C=O) groups is 1. The second-order valence-corrected chi connectivity index (χ2v) is 8.77. The third-order valence-electron chi connectivity index (χ3n) is 6.05. The third-order valence-corrected chi connectivity index (χ3v) is 6.05. The first-order valence-electron chi connectivity index (χ1n) is 9.94. The number of nitrogens with one attached hydrogen (secondary N) is 1. The van der Waals surface area contributed by atoms with Gasteiger partial charge in [-0.2, -0.15) is 0 Å². The molecule has 0 radical (unpaired) electrons. The summed E-state index contributed by atoms with van der Waals surface area (Å²) in [5, 5.41) is 2.60. The molecule has 1 aromatic carbocycles. The van der Waals surface area contributed by atoms with Crippen molar-refractivity contribution < 1.29 is 22.4 Å². The van der Waals surface area contributed by atoms with Gasteiger partial charge in [0.25, 0.3) is 5.91 Å². The summed E-state index contributed by atoms with van der Waals surface area (Å²) < 4.78 is 55.3. The van der Waals surface area contributed by atoms with E-state index in [-0.39, 0.29) is 36.2 Å². The highest BCUT2D eigenvalue weighted by Crippen LogP contribution is 2.60. The second-order valence-electron chi connectivity index (χ2n) is 8.77. The Morgan fingerprint density at radius 1 is 1.13 bits per heavy atom. The molecule has 1 saturated carbocycles. The van der Waals surface area contributed by atoms with Crippen molar-refractivity contribution >= 4 is 17.4 Å². The van der Waals surface area contributed by atoms with Gasteiger partial charge in [0, 0.05) is 30.5 Å². The fourth-order valence-electron chi connectivity index (χ4n) is 4.85. The second kappa shape index (κ2) is 7.32. The van der Waals surface area contributed by atoms with Crippen LogP contribution in [-0.4, -0.2) is 22.6 Å². The summed E-state index contributed by atoms with van der Waals surface area (Å²) in [4.78, 5) is 20.6. The minimum Gasteiger partial charge on any atom is -0.387 e. The first kappa shape index (κ1) is 21.3. The first-order chi connectivity index (χ1) is 14.5. The Morgan fingerprint density at radius 3 is 2.52 bits per heavy atom. The van der Waals surface area contributed by atoms with Crippen LogP contribution in [0.5, 0.6) is 0 Å². The van der Waals surface area contributed by atoms with Crippen molar-refractivity contribution in [1.82, 2.24) is 4.98 Å². The number of aromatic nitrogens is 1. The van der Waals surface area contributed by atoms with Crippen LogP contribution >= 0.6 is 0 Å². The van der Waals surface area contributed by atoms with Crippen molar-refractivity contribution in [2.24, 2.45) is 16.1 Å². The molecule has 3 N–H and O–H groups in total. The van der Waals surface area contributed by atoms with Crippen LogP contribution < -0.4 is 11.1 Å². The third kappa shape index (κ3) is 4.26. The van der Waals surface area contributed by atoms with E-state index in [0.29, 0.717) is 18.7 Å². The highest BCUT2D eigenvalue weighted by atomic mass is 19.3. The zero-order valence-electron chi connectivity index (χ0n) is 16.9. The van der Waals surface area contributed by atoms with Crippen LogP contribution in [0.2, 0.25) is 0 Å². The molecule has 1 amide bonds. The number of rotatable bonds is 3. The fourth-order valence-corrected chi connectivity index (χ4v) is 4.85. The van der Waals surface area contributed by atoms with Crippen molar-refractivity contribution in [2.75, 3.05) is 5.32 Å². The molecule has 1 aromatic heterocycles. The molecule has 0 bridgehead atoms. The van der Waals surface area contributed by atoms with Crippen LogP contribution in [0.4, 0.5) is 23.2 Å². The van der Waals surface area contributed by atoms with Gasteiger partial charge in [0.1, 0.15) is 17.3 Å². The molecule has 1 unspecified atom stereocenters. The molecule has 164 valence electrons. The minimum absolute atomic E-state index is 0.00845. The van der Waals surface area contributed by atoms with Crippen molar-refractivity contribution in [3.05, 3.63) is 59.4 Å². The molecule has 2 aliphatic rings. The van der Waals surface area contributed by atoms with Crippen LogP contribution in [-0.2, 0) is 5.54 Å². The van der Waals surface area contributed by atoms with Crippen LogP contribution in [0.25, 0.3) is 0 Å². The van der Waals surface area contributed by atoms with Gasteiger partial charge in [-0.3, -0.25) is 9.79 Å². The molecular weight excluding hydrogens is 412 g/mol.